The molecule has 0 aromatic heterocycles. The lowest BCUT2D eigenvalue weighted by molar-refractivity contribution is -0.151. The third kappa shape index (κ3) is 3.55. The second-order valence-corrected chi connectivity index (χ2v) is 6.09. The molecular weight excluding hydrogens is 271 g/mol. The van der Waals surface area contributed by atoms with E-state index in [1.807, 2.05) is 0 Å². The van der Waals surface area contributed by atoms with Crippen molar-refractivity contribution >= 4 is 5.97 Å². The van der Waals surface area contributed by atoms with Crippen molar-refractivity contribution in [2.24, 2.45) is 11.8 Å². The van der Waals surface area contributed by atoms with Gasteiger partial charge in [-0.25, -0.2) is 4.39 Å². The summed E-state index contributed by atoms with van der Waals surface area (Å²) in [4.78, 5) is 11.8. The lowest BCUT2D eigenvalue weighted by Crippen LogP contribution is -2.24. The number of hydrogen-bond donors (Lipinski definition) is 0. The fourth-order valence-electron chi connectivity index (χ4n) is 3.52. The summed E-state index contributed by atoms with van der Waals surface area (Å²) >= 11 is 0. The van der Waals surface area contributed by atoms with E-state index in [1.54, 1.807) is 18.2 Å². The lowest BCUT2D eigenvalue weighted by atomic mass is 9.98. The molecule has 3 rings (SSSR count). The molecule has 0 aliphatic heterocycles. The van der Waals surface area contributed by atoms with Gasteiger partial charge < -0.3 is 9.47 Å². The molecule has 0 spiro atoms. The summed E-state index contributed by atoms with van der Waals surface area (Å²) in [5.41, 5.74) is 0. The van der Waals surface area contributed by atoms with Crippen molar-refractivity contribution in [1.82, 2.24) is 0 Å². The van der Waals surface area contributed by atoms with Gasteiger partial charge in [-0.05, 0) is 56.1 Å². The van der Waals surface area contributed by atoms with Crippen molar-refractivity contribution in [3.63, 3.8) is 0 Å². The Balaban J connectivity index is 1.34. The Morgan fingerprint density at radius 1 is 1.24 bits per heavy atom. The van der Waals surface area contributed by atoms with E-state index in [0.717, 1.165) is 12.3 Å². The van der Waals surface area contributed by atoms with Crippen LogP contribution in [0.25, 0.3) is 0 Å². The van der Waals surface area contributed by atoms with Crippen LogP contribution in [0.5, 0.6) is 5.75 Å². The Morgan fingerprint density at radius 3 is 2.81 bits per heavy atom. The highest BCUT2D eigenvalue weighted by molar-refractivity contribution is 5.69. The molecule has 0 radical (unpaired) electrons. The summed E-state index contributed by atoms with van der Waals surface area (Å²) in [6.45, 7) is 0.326. The van der Waals surface area contributed by atoms with Crippen LogP contribution in [0.2, 0.25) is 0 Å². The molecule has 0 N–H and O–H groups in total. The van der Waals surface area contributed by atoms with Gasteiger partial charge >= 0.3 is 5.97 Å². The smallest absolute Gasteiger partial charge is 0.306 e. The van der Waals surface area contributed by atoms with Crippen molar-refractivity contribution in [3.05, 3.63) is 30.1 Å². The van der Waals surface area contributed by atoms with Crippen LogP contribution < -0.4 is 4.74 Å². The standard InChI is InChI=1S/C17H21FO3/c18-14-4-1-2-5-15(14)20-9-3-6-17(19)21-16-11-12-7-8-13(16)10-12/h1-2,4-5,12-13,16H,3,6-11H2. The number of carbonyl (C=O) groups is 1. The van der Waals surface area contributed by atoms with E-state index in [1.165, 1.54) is 25.3 Å². The van der Waals surface area contributed by atoms with Crippen LogP contribution in [0.1, 0.15) is 38.5 Å². The van der Waals surface area contributed by atoms with Crippen molar-refractivity contribution in [2.75, 3.05) is 6.61 Å². The predicted octanol–water partition coefficient (Wildman–Crippen LogP) is 3.72. The van der Waals surface area contributed by atoms with Gasteiger partial charge in [0.25, 0.3) is 0 Å². The zero-order valence-electron chi connectivity index (χ0n) is 12.1. The van der Waals surface area contributed by atoms with Crippen LogP contribution in [-0.2, 0) is 9.53 Å². The van der Waals surface area contributed by atoms with Gasteiger partial charge in [0.15, 0.2) is 11.6 Å². The first-order valence-electron chi connectivity index (χ1n) is 7.79. The molecule has 21 heavy (non-hydrogen) atoms. The molecule has 2 aliphatic rings. The van der Waals surface area contributed by atoms with Crippen LogP contribution in [0.15, 0.2) is 24.3 Å². The maximum absolute atomic E-state index is 13.3. The van der Waals surface area contributed by atoms with Crippen molar-refractivity contribution in [2.45, 2.75) is 44.6 Å². The summed E-state index contributed by atoms with van der Waals surface area (Å²) in [6.07, 6.45) is 5.81. The predicted molar refractivity (Wildman–Crippen MR) is 76.5 cm³/mol. The van der Waals surface area contributed by atoms with E-state index >= 15 is 0 Å². The van der Waals surface area contributed by atoms with Crippen molar-refractivity contribution in [1.29, 1.82) is 0 Å². The highest BCUT2D eigenvalue weighted by Crippen LogP contribution is 2.45. The highest BCUT2D eigenvalue weighted by Gasteiger charge is 2.41. The Bertz CT molecular complexity index is 503. The van der Waals surface area contributed by atoms with E-state index in [9.17, 15) is 9.18 Å². The largest absolute Gasteiger partial charge is 0.491 e. The molecule has 1 aromatic rings. The topological polar surface area (TPSA) is 35.5 Å². The second-order valence-electron chi connectivity index (χ2n) is 6.09. The molecule has 3 atom stereocenters. The first-order valence-corrected chi connectivity index (χ1v) is 7.79. The minimum absolute atomic E-state index is 0.142. The average Bonchev–Trinajstić information content (AvgIpc) is 3.08. The van der Waals surface area contributed by atoms with E-state index in [4.69, 9.17) is 9.47 Å². The number of esters is 1. The molecular formula is C17H21FO3. The van der Waals surface area contributed by atoms with Gasteiger partial charge in [-0.15, -0.1) is 0 Å². The lowest BCUT2D eigenvalue weighted by Gasteiger charge is -2.21. The zero-order chi connectivity index (χ0) is 14.7. The van der Waals surface area contributed by atoms with E-state index in [0.29, 0.717) is 25.4 Å². The van der Waals surface area contributed by atoms with Gasteiger partial charge in [-0.2, -0.15) is 0 Å². The molecule has 0 heterocycles. The molecule has 0 amide bonds. The number of rotatable bonds is 6. The normalized spacial score (nSPS) is 26.8. The molecule has 2 saturated carbocycles. The van der Waals surface area contributed by atoms with Gasteiger partial charge in [0.2, 0.25) is 0 Å². The quantitative estimate of drug-likeness (QED) is 0.592. The van der Waals surface area contributed by atoms with E-state index in [2.05, 4.69) is 0 Å². The summed E-state index contributed by atoms with van der Waals surface area (Å²) in [6, 6.07) is 6.29. The number of halogens is 1. The summed E-state index contributed by atoms with van der Waals surface area (Å²) in [5, 5.41) is 0. The zero-order valence-corrected chi connectivity index (χ0v) is 12.1. The molecule has 3 unspecified atom stereocenters. The molecule has 2 fully saturated rings. The fourth-order valence-corrected chi connectivity index (χ4v) is 3.52. The Hall–Kier alpha value is -1.58. The van der Waals surface area contributed by atoms with Crippen LogP contribution in [0, 0.1) is 17.7 Å². The summed E-state index contributed by atoms with van der Waals surface area (Å²) in [5.74, 6) is 1.08. The first kappa shape index (κ1) is 14.4. The molecule has 2 aliphatic carbocycles. The van der Waals surface area contributed by atoms with Gasteiger partial charge in [0.05, 0.1) is 6.61 Å². The van der Waals surface area contributed by atoms with Gasteiger partial charge in [0, 0.05) is 6.42 Å². The Kier molecular flexibility index (Phi) is 4.42. The molecule has 4 heteroatoms. The summed E-state index contributed by atoms with van der Waals surface area (Å²) in [7, 11) is 0. The molecule has 114 valence electrons. The van der Waals surface area contributed by atoms with E-state index in [-0.39, 0.29) is 23.6 Å². The maximum Gasteiger partial charge on any atom is 0.306 e. The maximum atomic E-state index is 13.3. The fraction of sp³-hybridized carbons (Fsp3) is 0.588. The van der Waals surface area contributed by atoms with Gasteiger partial charge in [-0.1, -0.05) is 12.1 Å². The first-order chi connectivity index (χ1) is 10.2. The number of hydrogen-bond acceptors (Lipinski definition) is 3. The number of ether oxygens (including phenoxy) is 2. The second kappa shape index (κ2) is 6.46. The summed E-state index contributed by atoms with van der Waals surface area (Å²) < 4.78 is 24.2. The van der Waals surface area contributed by atoms with Crippen LogP contribution >= 0.6 is 0 Å². The number of para-hydroxylation sites is 1. The molecule has 1 aromatic carbocycles. The van der Waals surface area contributed by atoms with E-state index < -0.39 is 0 Å². The molecule has 2 bridgehead atoms. The Morgan fingerprint density at radius 2 is 2.10 bits per heavy atom. The number of fused-ring (bicyclic) bond motifs is 2. The van der Waals surface area contributed by atoms with Crippen LogP contribution in [0.3, 0.4) is 0 Å². The number of carbonyl (C=O) groups excluding carboxylic acids is 1. The van der Waals surface area contributed by atoms with Gasteiger partial charge in [0.1, 0.15) is 6.10 Å². The Labute approximate surface area is 124 Å². The number of benzene rings is 1. The molecule has 3 nitrogen and oxygen atoms in total. The van der Waals surface area contributed by atoms with Crippen LogP contribution in [0.4, 0.5) is 4.39 Å². The van der Waals surface area contributed by atoms with Crippen molar-refractivity contribution in [3.8, 4) is 5.75 Å². The SMILES string of the molecule is O=C(CCCOc1ccccc1F)OC1CC2CCC1C2. The minimum Gasteiger partial charge on any atom is -0.491 e. The third-order valence-electron chi connectivity index (χ3n) is 4.58. The van der Waals surface area contributed by atoms with Gasteiger partial charge in [-0.3, -0.25) is 4.79 Å². The third-order valence-corrected chi connectivity index (χ3v) is 4.58. The monoisotopic (exact) mass is 292 g/mol. The molecule has 0 saturated heterocycles. The average molecular weight is 292 g/mol. The van der Waals surface area contributed by atoms with Crippen molar-refractivity contribution < 1.29 is 18.7 Å². The van der Waals surface area contributed by atoms with Crippen LogP contribution in [-0.4, -0.2) is 18.7 Å². The highest BCUT2D eigenvalue weighted by atomic mass is 19.1. The minimum atomic E-state index is -0.373.